The number of rotatable bonds is 5. The summed E-state index contributed by atoms with van der Waals surface area (Å²) < 4.78 is 5.80. The Kier molecular flexibility index (Phi) is 4.35. The highest BCUT2D eigenvalue weighted by Crippen LogP contribution is 2.28. The molecule has 0 aromatic carbocycles. The Balaban J connectivity index is 1.99. The Hall–Kier alpha value is -0.810. The van der Waals surface area contributed by atoms with Gasteiger partial charge in [0.2, 0.25) is 0 Å². The van der Waals surface area contributed by atoms with Crippen molar-refractivity contribution in [1.29, 1.82) is 0 Å². The van der Waals surface area contributed by atoms with E-state index in [1.165, 1.54) is 0 Å². The van der Waals surface area contributed by atoms with Crippen molar-refractivity contribution in [3.63, 3.8) is 0 Å². The van der Waals surface area contributed by atoms with Crippen molar-refractivity contribution in [2.75, 3.05) is 19.6 Å². The van der Waals surface area contributed by atoms with Gasteiger partial charge in [-0.2, -0.15) is 0 Å². The normalized spacial score (nSPS) is 24.0. The molecule has 0 aromatic rings. The summed E-state index contributed by atoms with van der Waals surface area (Å²) in [7, 11) is 0. The molecule has 1 aliphatic rings. The van der Waals surface area contributed by atoms with Crippen LogP contribution in [-0.2, 0) is 4.74 Å². The summed E-state index contributed by atoms with van der Waals surface area (Å²) in [4.78, 5) is 10.4. The number of hydrogen-bond acceptors (Lipinski definition) is 3. The first-order chi connectivity index (χ1) is 6.99. The zero-order chi connectivity index (χ0) is 11.3. The zero-order valence-electron chi connectivity index (χ0n) is 9.51. The van der Waals surface area contributed by atoms with E-state index in [1.807, 2.05) is 0 Å². The first kappa shape index (κ1) is 12.3. The van der Waals surface area contributed by atoms with Gasteiger partial charge in [-0.25, -0.2) is 4.79 Å². The predicted octanol–water partition coefficient (Wildman–Crippen LogP) is 0.202. The van der Waals surface area contributed by atoms with Crippen LogP contribution in [0.4, 0.5) is 4.79 Å². The highest BCUT2D eigenvalue weighted by molar-refractivity contribution is 5.71. The molecule has 0 bridgehead atoms. The van der Waals surface area contributed by atoms with Crippen molar-refractivity contribution in [3.8, 4) is 0 Å². The maximum atomic E-state index is 10.4. The van der Waals surface area contributed by atoms with E-state index in [1.54, 1.807) is 0 Å². The second-order valence-electron chi connectivity index (χ2n) is 4.53. The van der Waals surface area contributed by atoms with Gasteiger partial charge in [-0.05, 0) is 26.7 Å². The Morgan fingerprint density at radius 1 is 1.53 bits per heavy atom. The molecule has 1 fully saturated rings. The van der Waals surface area contributed by atoms with Gasteiger partial charge in [-0.1, -0.05) is 0 Å². The highest BCUT2D eigenvalue weighted by Gasteiger charge is 2.30. The number of hydrogen-bond donors (Lipinski definition) is 3. The van der Waals surface area contributed by atoms with Crippen LogP contribution in [0.2, 0.25) is 0 Å². The number of urea groups is 1. The van der Waals surface area contributed by atoms with Crippen molar-refractivity contribution in [2.24, 2.45) is 5.73 Å². The van der Waals surface area contributed by atoms with Crippen molar-refractivity contribution in [3.05, 3.63) is 0 Å². The molecule has 1 aliphatic heterocycles. The van der Waals surface area contributed by atoms with Crippen LogP contribution in [0.25, 0.3) is 0 Å². The lowest BCUT2D eigenvalue weighted by atomic mass is 10.1. The van der Waals surface area contributed by atoms with Crippen LogP contribution in [0.3, 0.4) is 0 Å². The molecule has 1 saturated heterocycles. The quantitative estimate of drug-likeness (QED) is 0.573. The monoisotopic (exact) mass is 215 g/mol. The second-order valence-corrected chi connectivity index (χ2v) is 4.53. The maximum absolute atomic E-state index is 10.4. The third-order valence-electron chi connectivity index (χ3n) is 2.53. The van der Waals surface area contributed by atoms with E-state index in [0.29, 0.717) is 12.6 Å². The molecule has 15 heavy (non-hydrogen) atoms. The molecular formula is C10H21N3O2. The molecule has 88 valence electrons. The largest absolute Gasteiger partial charge is 0.371 e. The molecule has 0 spiro atoms. The minimum absolute atomic E-state index is 0.0256. The molecular weight excluding hydrogens is 194 g/mol. The Labute approximate surface area is 90.7 Å². The summed E-state index contributed by atoms with van der Waals surface area (Å²) in [5, 5.41) is 5.75. The zero-order valence-corrected chi connectivity index (χ0v) is 9.51. The smallest absolute Gasteiger partial charge is 0.312 e. The van der Waals surface area contributed by atoms with Crippen LogP contribution in [-0.4, -0.2) is 37.4 Å². The number of nitrogens with two attached hydrogens (primary N) is 1. The van der Waals surface area contributed by atoms with E-state index in [4.69, 9.17) is 10.5 Å². The molecule has 1 unspecified atom stereocenters. The summed E-state index contributed by atoms with van der Waals surface area (Å²) in [6, 6.07) is -0.477. The summed E-state index contributed by atoms with van der Waals surface area (Å²) >= 11 is 0. The third kappa shape index (κ3) is 4.99. The minimum atomic E-state index is -0.477. The minimum Gasteiger partial charge on any atom is -0.371 e. The van der Waals surface area contributed by atoms with E-state index >= 15 is 0 Å². The van der Waals surface area contributed by atoms with Crippen molar-refractivity contribution >= 4 is 6.03 Å². The van der Waals surface area contributed by atoms with Gasteiger partial charge in [0.25, 0.3) is 0 Å². The topological polar surface area (TPSA) is 76.4 Å². The van der Waals surface area contributed by atoms with E-state index in [2.05, 4.69) is 24.5 Å². The van der Waals surface area contributed by atoms with Crippen LogP contribution in [0, 0.1) is 0 Å². The van der Waals surface area contributed by atoms with E-state index in [9.17, 15) is 4.79 Å². The van der Waals surface area contributed by atoms with Gasteiger partial charge in [-0.15, -0.1) is 0 Å². The lowest BCUT2D eigenvalue weighted by molar-refractivity contribution is -0.0140. The van der Waals surface area contributed by atoms with E-state index in [-0.39, 0.29) is 5.60 Å². The van der Waals surface area contributed by atoms with Gasteiger partial charge in [0, 0.05) is 19.6 Å². The molecule has 0 aromatic heterocycles. The summed E-state index contributed by atoms with van der Waals surface area (Å²) in [5.41, 5.74) is 4.96. The molecule has 2 amide bonds. The van der Waals surface area contributed by atoms with Crippen molar-refractivity contribution in [2.45, 2.75) is 38.4 Å². The van der Waals surface area contributed by atoms with Crippen LogP contribution < -0.4 is 16.4 Å². The summed E-state index contributed by atoms with van der Waals surface area (Å²) in [6.07, 6.45) is 2.51. The number of nitrogens with one attached hydrogen (secondary N) is 2. The number of ether oxygens (including phenoxy) is 1. The molecule has 0 radical (unpaired) electrons. The van der Waals surface area contributed by atoms with Gasteiger partial charge in [0.1, 0.15) is 0 Å². The molecule has 0 saturated carbocycles. The SMILES string of the molecule is CC1(C)CCC(CNCCNC(N)=O)O1. The van der Waals surface area contributed by atoms with Crippen LogP contribution >= 0.6 is 0 Å². The summed E-state index contributed by atoms with van der Waals surface area (Å²) in [6.45, 7) is 6.35. The van der Waals surface area contributed by atoms with Crippen LogP contribution in [0.15, 0.2) is 0 Å². The van der Waals surface area contributed by atoms with Crippen LogP contribution in [0.1, 0.15) is 26.7 Å². The summed E-state index contributed by atoms with van der Waals surface area (Å²) in [5.74, 6) is 0. The van der Waals surface area contributed by atoms with Gasteiger partial charge in [0.15, 0.2) is 0 Å². The number of amides is 2. The standard InChI is InChI=1S/C10H21N3O2/c1-10(2)4-3-8(15-10)7-12-5-6-13-9(11)14/h8,12H,3-7H2,1-2H3,(H3,11,13,14). The first-order valence-corrected chi connectivity index (χ1v) is 5.41. The molecule has 1 atom stereocenters. The lowest BCUT2D eigenvalue weighted by Gasteiger charge is -2.19. The third-order valence-corrected chi connectivity index (χ3v) is 2.53. The van der Waals surface area contributed by atoms with Gasteiger partial charge in [0.05, 0.1) is 11.7 Å². The van der Waals surface area contributed by atoms with Crippen molar-refractivity contribution < 1.29 is 9.53 Å². The fraction of sp³-hybridized carbons (Fsp3) is 0.900. The second kappa shape index (κ2) is 5.32. The number of carbonyl (C=O) groups is 1. The highest BCUT2D eigenvalue weighted by atomic mass is 16.5. The number of carbonyl (C=O) groups excluding carboxylic acids is 1. The van der Waals surface area contributed by atoms with Gasteiger partial charge in [-0.3, -0.25) is 0 Å². The molecule has 0 aliphatic carbocycles. The average Bonchev–Trinajstić information content (AvgIpc) is 2.44. The fourth-order valence-electron chi connectivity index (χ4n) is 1.76. The molecule has 1 heterocycles. The molecule has 1 rings (SSSR count). The van der Waals surface area contributed by atoms with Crippen molar-refractivity contribution in [1.82, 2.24) is 10.6 Å². The Bertz CT molecular complexity index is 219. The van der Waals surface area contributed by atoms with Gasteiger partial charge >= 0.3 is 6.03 Å². The molecule has 5 nitrogen and oxygen atoms in total. The van der Waals surface area contributed by atoms with E-state index < -0.39 is 6.03 Å². The lowest BCUT2D eigenvalue weighted by Crippen LogP contribution is -2.37. The molecule has 5 heteroatoms. The molecule has 4 N–H and O–H groups in total. The first-order valence-electron chi connectivity index (χ1n) is 5.41. The predicted molar refractivity (Wildman–Crippen MR) is 58.6 cm³/mol. The van der Waals surface area contributed by atoms with E-state index in [0.717, 1.165) is 25.9 Å². The van der Waals surface area contributed by atoms with Gasteiger partial charge < -0.3 is 21.1 Å². The Morgan fingerprint density at radius 3 is 2.80 bits per heavy atom. The average molecular weight is 215 g/mol. The number of primary amides is 1. The fourth-order valence-corrected chi connectivity index (χ4v) is 1.76. The maximum Gasteiger partial charge on any atom is 0.312 e. The van der Waals surface area contributed by atoms with Crippen LogP contribution in [0.5, 0.6) is 0 Å². The Morgan fingerprint density at radius 2 is 2.27 bits per heavy atom.